The van der Waals surface area contributed by atoms with Gasteiger partial charge in [-0.25, -0.2) is 0 Å². The molecule has 6 heteroatoms. The highest BCUT2D eigenvalue weighted by Gasteiger charge is 2.23. The maximum absolute atomic E-state index is 11.6. The third-order valence-electron chi connectivity index (χ3n) is 4.53. The molecule has 0 bridgehead atoms. The lowest BCUT2D eigenvalue weighted by atomic mass is 10.1. The molecule has 1 amide bonds. The highest BCUT2D eigenvalue weighted by molar-refractivity contribution is 5.92. The lowest BCUT2D eigenvalue weighted by molar-refractivity contribution is -0.123. The van der Waals surface area contributed by atoms with E-state index in [0.717, 1.165) is 36.9 Å². The second-order valence-corrected chi connectivity index (χ2v) is 6.97. The largest absolute Gasteiger partial charge is 0.484 e. The average molecular weight is 380 g/mol. The van der Waals surface area contributed by atoms with Crippen molar-refractivity contribution in [3.05, 3.63) is 59.7 Å². The van der Waals surface area contributed by atoms with Crippen LogP contribution in [0.3, 0.4) is 0 Å². The normalized spacial score (nSPS) is 13.8. The molecule has 0 atom stereocenters. The number of ether oxygens (including phenoxy) is 1. The molecule has 28 heavy (non-hydrogen) atoms. The minimum atomic E-state index is -0.0617. The van der Waals surface area contributed by atoms with E-state index in [-0.39, 0.29) is 12.5 Å². The number of guanidine groups is 1. The molecular weight excluding hydrogens is 352 g/mol. The standard InChI is InChI=1S/C22H28N4O2/c1-2-16-4-3-5-19(14-16)26-22(23)24-13-12-17-6-10-20(11-7-17)28-15-21(27)25-18-8-9-18/h3-7,10-11,14,18H,2,8-9,12-13,15H2,1H3,(H,25,27)(H3,23,24,26). The van der Waals surface area contributed by atoms with E-state index in [4.69, 9.17) is 10.5 Å². The number of amides is 1. The smallest absolute Gasteiger partial charge is 0.258 e. The number of anilines is 1. The van der Waals surface area contributed by atoms with E-state index in [9.17, 15) is 4.79 Å². The maximum Gasteiger partial charge on any atom is 0.258 e. The van der Waals surface area contributed by atoms with E-state index in [1.165, 1.54) is 5.56 Å². The Bertz CT molecular complexity index is 814. The Morgan fingerprint density at radius 2 is 1.96 bits per heavy atom. The molecule has 148 valence electrons. The van der Waals surface area contributed by atoms with E-state index < -0.39 is 0 Å². The van der Waals surface area contributed by atoms with Crippen LogP contribution in [-0.2, 0) is 17.6 Å². The molecule has 1 aliphatic rings. The molecule has 0 aromatic heterocycles. The Morgan fingerprint density at radius 3 is 2.68 bits per heavy atom. The molecule has 0 aliphatic heterocycles. The summed E-state index contributed by atoms with van der Waals surface area (Å²) >= 11 is 0. The van der Waals surface area contributed by atoms with Crippen LogP contribution in [0.4, 0.5) is 5.69 Å². The van der Waals surface area contributed by atoms with Crippen LogP contribution in [0.15, 0.2) is 53.5 Å². The van der Waals surface area contributed by atoms with Gasteiger partial charge in [0.1, 0.15) is 5.75 Å². The van der Waals surface area contributed by atoms with Crippen molar-refractivity contribution in [2.24, 2.45) is 10.7 Å². The summed E-state index contributed by atoms with van der Waals surface area (Å²) in [6, 6.07) is 16.2. The fourth-order valence-electron chi connectivity index (χ4n) is 2.76. The molecule has 0 spiro atoms. The van der Waals surface area contributed by atoms with Gasteiger partial charge in [-0.05, 0) is 61.1 Å². The first-order valence-corrected chi connectivity index (χ1v) is 9.79. The number of carbonyl (C=O) groups is 1. The number of hydrogen-bond acceptors (Lipinski definition) is 3. The van der Waals surface area contributed by atoms with Crippen LogP contribution in [-0.4, -0.2) is 31.1 Å². The highest BCUT2D eigenvalue weighted by Crippen LogP contribution is 2.18. The van der Waals surface area contributed by atoms with Crippen LogP contribution in [0.1, 0.15) is 30.9 Å². The fourth-order valence-corrected chi connectivity index (χ4v) is 2.76. The first kappa shape index (κ1) is 19.7. The first-order valence-electron chi connectivity index (χ1n) is 9.79. The van der Waals surface area contributed by atoms with E-state index >= 15 is 0 Å². The molecule has 1 aliphatic carbocycles. The van der Waals surface area contributed by atoms with Gasteiger partial charge in [-0.1, -0.05) is 31.2 Å². The van der Waals surface area contributed by atoms with Crippen molar-refractivity contribution in [1.29, 1.82) is 0 Å². The van der Waals surface area contributed by atoms with Gasteiger partial charge >= 0.3 is 0 Å². The van der Waals surface area contributed by atoms with Crippen molar-refractivity contribution in [1.82, 2.24) is 5.32 Å². The van der Waals surface area contributed by atoms with Crippen molar-refractivity contribution in [3.63, 3.8) is 0 Å². The summed E-state index contributed by atoms with van der Waals surface area (Å²) in [4.78, 5) is 16.0. The van der Waals surface area contributed by atoms with Crippen LogP contribution in [0.5, 0.6) is 5.75 Å². The molecule has 0 unspecified atom stereocenters. The number of aliphatic imine (C=N–C) groups is 1. The van der Waals surface area contributed by atoms with Crippen LogP contribution >= 0.6 is 0 Å². The topological polar surface area (TPSA) is 88.7 Å². The number of nitrogens with one attached hydrogen (secondary N) is 2. The third-order valence-corrected chi connectivity index (χ3v) is 4.53. The van der Waals surface area contributed by atoms with Crippen molar-refractivity contribution in [2.75, 3.05) is 18.5 Å². The number of nitrogens with zero attached hydrogens (tertiary/aromatic N) is 1. The molecule has 0 radical (unpaired) electrons. The molecule has 2 aromatic rings. The maximum atomic E-state index is 11.6. The summed E-state index contributed by atoms with van der Waals surface area (Å²) in [5.74, 6) is 1.04. The molecule has 0 heterocycles. The number of carbonyl (C=O) groups excluding carboxylic acids is 1. The Balaban J connectivity index is 1.40. The van der Waals surface area contributed by atoms with Gasteiger partial charge in [0.15, 0.2) is 12.6 Å². The summed E-state index contributed by atoms with van der Waals surface area (Å²) in [6.07, 6.45) is 3.92. The van der Waals surface area contributed by atoms with Gasteiger partial charge in [0.05, 0.1) is 0 Å². The van der Waals surface area contributed by atoms with E-state index in [0.29, 0.717) is 24.3 Å². The monoisotopic (exact) mass is 380 g/mol. The zero-order valence-corrected chi connectivity index (χ0v) is 16.3. The van der Waals surface area contributed by atoms with Gasteiger partial charge in [-0.2, -0.15) is 0 Å². The van der Waals surface area contributed by atoms with Gasteiger partial charge in [-0.15, -0.1) is 0 Å². The lowest BCUT2D eigenvalue weighted by Gasteiger charge is -2.08. The Morgan fingerprint density at radius 1 is 1.18 bits per heavy atom. The second kappa shape index (κ2) is 9.78. The van der Waals surface area contributed by atoms with Crippen LogP contribution in [0.2, 0.25) is 0 Å². The third kappa shape index (κ3) is 6.61. The molecule has 6 nitrogen and oxygen atoms in total. The average Bonchev–Trinajstić information content (AvgIpc) is 3.51. The zero-order chi connectivity index (χ0) is 19.8. The quantitative estimate of drug-likeness (QED) is 0.461. The Labute approximate surface area is 166 Å². The molecule has 0 saturated heterocycles. The van der Waals surface area contributed by atoms with Crippen molar-refractivity contribution in [2.45, 2.75) is 38.6 Å². The lowest BCUT2D eigenvalue weighted by Crippen LogP contribution is -2.30. The highest BCUT2D eigenvalue weighted by atomic mass is 16.5. The number of nitrogens with two attached hydrogens (primary N) is 1. The van der Waals surface area contributed by atoms with Crippen molar-refractivity contribution >= 4 is 17.6 Å². The van der Waals surface area contributed by atoms with Crippen LogP contribution < -0.4 is 21.1 Å². The van der Waals surface area contributed by atoms with Crippen LogP contribution in [0, 0.1) is 0 Å². The molecule has 4 N–H and O–H groups in total. The van der Waals surface area contributed by atoms with Crippen molar-refractivity contribution in [3.8, 4) is 5.75 Å². The summed E-state index contributed by atoms with van der Waals surface area (Å²) in [5, 5.41) is 6.03. The van der Waals surface area contributed by atoms with Gasteiger partial charge in [0.25, 0.3) is 5.91 Å². The SMILES string of the molecule is CCc1cccc(NC(N)=NCCc2ccc(OCC(=O)NC3CC3)cc2)c1. The van der Waals surface area contributed by atoms with Crippen molar-refractivity contribution < 1.29 is 9.53 Å². The van der Waals surface area contributed by atoms with Gasteiger partial charge < -0.3 is 21.1 Å². The number of benzene rings is 2. The second-order valence-electron chi connectivity index (χ2n) is 6.97. The van der Waals surface area contributed by atoms with E-state index in [2.05, 4.69) is 34.7 Å². The molecule has 3 rings (SSSR count). The first-order chi connectivity index (χ1) is 13.6. The number of aryl methyl sites for hydroxylation is 1. The fraction of sp³-hybridized carbons (Fsp3) is 0.364. The van der Waals surface area contributed by atoms with Gasteiger partial charge in [0.2, 0.25) is 0 Å². The Hall–Kier alpha value is -3.02. The zero-order valence-electron chi connectivity index (χ0n) is 16.3. The van der Waals surface area contributed by atoms with Gasteiger partial charge in [-0.3, -0.25) is 9.79 Å². The Kier molecular flexibility index (Phi) is 6.89. The van der Waals surface area contributed by atoms with Crippen LogP contribution in [0.25, 0.3) is 0 Å². The predicted molar refractivity (Wildman–Crippen MR) is 113 cm³/mol. The molecular formula is C22H28N4O2. The summed E-state index contributed by atoms with van der Waals surface area (Å²) in [7, 11) is 0. The predicted octanol–water partition coefficient (Wildman–Crippen LogP) is 2.88. The molecule has 2 aromatic carbocycles. The minimum absolute atomic E-state index is 0.0571. The minimum Gasteiger partial charge on any atom is -0.484 e. The summed E-state index contributed by atoms with van der Waals surface area (Å²) < 4.78 is 5.51. The van der Waals surface area contributed by atoms with Gasteiger partial charge in [0, 0.05) is 18.3 Å². The summed E-state index contributed by atoms with van der Waals surface area (Å²) in [6.45, 7) is 2.77. The number of rotatable bonds is 9. The van der Waals surface area contributed by atoms with E-state index in [1.54, 1.807) is 0 Å². The number of hydrogen-bond donors (Lipinski definition) is 3. The summed E-state index contributed by atoms with van der Waals surface area (Å²) in [5.41, 5.74) is 9.32. The molecule has 1 fully saturated rings. The molecule has 1 saturated carbocycles. The van der Waals surface area contributed by atoms with E-state index in [1.807, 2.05) is 36.4 Å².